The summed E-state index contributed by atoms with van der Waals surface area (Å²) in [6.45, 7) is 3.79. The number of benzene rings is 1. The molecule has 3 heteroatoms. The second kappa shape index (κ2) is 3.63. The smallest absolute Gasteiger partial charge is 0.145 e. The molecule has 1 rings (SSSR count). The predicted molar refractivity (Wildman–Crippen MR) is 50.5 cm³/mol. The van der Waals surface area contributed by atoms with Gasteiger partial charge in [-0.2, -0.15) is 0 Å². The van der Waals surface area contributed by atoms with Crippen molar-refractivity contribution in [2.24, 2.45) is 0 Å². The maximum Gasteiger partial charge on any atom is 0.145 e. The molecule has 0 saturated heterocycles. The normalized spacial score (nSPS) is 10.8. The van der Waals surface area contributed by atoms with Gasteiger partial charge >= 0.3 is 0 Å². The molecule has 0 aliphatic rings. The zero-order chi connectivity index (χ0) is 9.30. The van der Waals surface area contributed by atoms with Gasteiger partial charge in [0.2, 0.25) is 0 Å². The molecule has 0 N–H and O–H groups in total. The van der Waals surface area contributed by atoms with Crippen LogP contribution in [0, 0.1) is 5.82 Å². The van der Waals surface area contributed by atoms with Crippen molar-refractivity contribution in [3.8, 4) is 0 Å². The molecule has 0 atom stereocenters. The highest BCUT2D eigenvalue weighted by Crippen LogP contribution is 2.28. The highest BCUT2D eigenvalue weighted by molar-refractivity contribution is 6.34. The average Bonchev–Trinajstić information content (AvgIpc) is 1.96. The topological polar surface area (TPSA) is 0 Å². The Labute approximate surface area is 81.3 Å². The van der Waals surface area contributed by atoms with Crippen LogP contribution in [0.5, 0.6) is 0 Å². The van der Waals surface area contributed by atoms with Gasteiger partial charge in [-0.3, -0.25) is 0 Å². The van der Waals surface area contributed by atoms with Crippen LogP contribution >= 0.6 is 23.2 Å². The summed E-state index contributed by atoms with van der Waals surface area (Å²) in [4.78, 5) is 0. The van der Waals surface area contributed by atoms with Crippen molar-refractivity contribution in [2.75, 3.05) is 0 Å². The zero-order valence-corrected chi connectivity index (χ0v) is 8.38. The summed E-state index contributed by atoms with van der Waals surface area (Å²) in [5.41, 5.74) is 0.563. The third-order valence-corrected chi connectivity index (χ3v) is 2.14. The monoisotopic (exact) mass is 206 g/mol. The van der Waals surface area contributed by atoms with E-state index in [-0.39, 0.29) is 16.8 Å². The minimum atomic E-state index is -0.365. The Hall–Kier alpha value is -0.270. The fourth-order valence-electron chi connectivity index (χ4n) is 0.996. The molecule has 0 fully saturated rings. The van der Waals surface area contributed by atoms with E-state index in [9.17, 15) is 4.39 Å². The van der Waals surface area contributed by atoms with Crippen molar-refractivity contribution >= 4 is 23.2 Å². The second-order valence-electron chi connectivity index (χ2n) is 2.95. The largest absolute Gasteiger partial charge is 0.205 e. The Bertz CT molecular complexity index is 295. The number of hydrogen-bond donors (Lipinski definition) is 0. The summed E-state index contributed by atoms with van der Waals surface area (Å²) in [6, 6.07) is 3.01. The lowest BCUT2D eigenvalue weighted by Crippen LogP contribution is -1.93. The molecule has 66 valence electrons. The first-order valence-corrected chi connectivity index (χ1v) is 4.42. The van der Waals surface area contributed by atoms with Gasteiger partial charge in [-0.05, 0) is 23.6 Å². The summed E-state index contributed by atoms with van der Waals surface area (Å²) in [7, 11) is 0. The Morgan fingerprint density at radius 2 is 1.83 bits per heavy atom. The van der Waals surface area contributed by atoms with Crippen LogP contribution in [-0.4, -0.2) is 0 Å². The van der Waals surface area contributed by atoms with Gasteiger partial charge in [-0.25, -0.2) is 4.39 Å². The van der Waals surface area contributed by atoms with Crippen LogP contribution in [0.2, 0.25) is 10.0 Å². The van der Waals surface area contributed by atoms with Gasteiger partial charge in [0.15, 0.2) is 0 Å². The number of rotatable bonds is 1. The summed E-state index contributed by atoms with van der Waals surface area (Å²) in [5.74, 6) is -0.266. The average molecular weight is 207 g/mol. The fourth-order valence-corrected chi connectivity index (χ4v) is 1.51. The van der Waals surface area contributed by atoms with Gasteiger partial charge in [0.05, 0.1) is 5.02 Å². The second-order valence-corrected chi connectivity index (χ2v) is 3.79. The Balaban J connectivity index is 3.28. The minimum absolute atomic E-state index is 0.0891. The molecular weight excluding hydrogens is 198 g/mol. The fraction of sp³-hybridized carbons (Fsp3) is 0.333. The molecule has 1 aromatic rings. The van der Waals surface area contributed by atoms with E-state index in [4.69, 9.17) is 23.2 Å². The predicted octanol–water partition coefficient (Wildman–Crippen LogP) is 4.26. The van der Waals surface area contributed by atoms with Gasteiger partial charge in [0.25, 0.3) is 0 Å². The minimum Gasteiger partial charge on any atom is -0.205 e. The third-order valence-electron chi connectivity index (χ3n) is 1.64. The van der Waals surface area contributed by atoms with E-state index < -0.39 is 0 Å². The van der Waals surface area contributed by atoms with E-state index in [0.717, 1.165) is 0 Å². The lowest BCUT2D eigenvalue weighted by atomic mass is 10.0. The van der Waals surface area contributed by atoms with Crippen LogP contribution in [0.15, 0.2) is 12.1 Å². The Morgan fingerprint density at radius 3 is 2.33 bits per heavy atom. The number of hydrogen-bond acceptors (Lipinski definition) is 0. The summed E-state index contributed by atoms with van der Waals surface area (Å²) in [5, 5.41) is 0.566. The molecule has 0 bridgehead atoms. The van der Waals surface area contributed by atoms with E-state index in [2.05, 4.69) is 0 Å². The maximum absolute atomic E-state index is 13.2. The Kier molecular flexibility index (Phi) is 2.97. The Morgan fingerprint density at radius 1 is 1.25 bits per heavy atom. The molecule has 0 saturated carbocycles. The van der Waals surface area contributed by atoms with Crippen molar-refractivity contribution in [1.29, 1.82) is 0 Å². The first kappa shape index (κ1) is 9.82. The lowest BCUT2D eigenvalue weighted by Gasteiger charge is -2.08. The zero-order valence-electron chi connectivity index (χ0n) is 6.87. The molecule has 0 aliphatic carbocycles. The van der Waals surface area contributed by atoms with Gasteiger partial charge in [0.1, 0.15) is 5.82 Å². The van der Waals surface area contributed by atoms with Gasteiger partial charge < -0.3 is 0 Å². The van der Waals surface area contributed by atoms with Crippen LogP contribution < -0.4 is 0 Å². The molecule has 1 aromatic carbocycles. The van der Waals surface area contributed by atoms with Crippen molar-refractivity contribution < 1.29 is 4.39 Å². The summed E-state index contributed by atoms with van der Waals surface area (Å²) < 4.78 is 13.2. The molecular formula is C9H9Cl2F. The quantitative estimate of drug-likeness (QED) is 0.603. The van der Waals surface area contributed by atoms with Crippen LogP contribution in [0.4, 0.5) is 4.39 Å². The molecule has 12 heavy (non-hydrogen) atoms. The molecule has 0 amide bonds. The van der Waals surface area contributed by atoms with Gasteiger partial charge in [0, 0.05) is 5.02 Å². The van der Waals surface area contributed by atoms with Crippen LogP contribution in [0.1, 0.15) is 25.3 Å². The molecule has 0 nitrogen and oxygen atoms in total. The van der Waals surface area contributed by atoms with Gasteiger partial charge in [-0.1, -0.05) is 37.0 Å². The molecule has 0 unspecified atom stereocenters. The molecule has 0 spiro atoms. The van der Waals surface area contributed by atoms with Crippen LogP contribution in [0.25, 0.3) is 0 Å². The lowest BCUT2D eigenvalue weighted by molar-refractivity contribution is 0.599. The third kappa shape index (κ3) is 1.90. The van der Waals surface area contributed by atoms with E-state index in [1.165, 1.54) is 6.07 Å². The molecule has 0 aromatic heterocycles. The van der Waals surface area contributed by atoms with Crippen molar-refractivity contribution in [3.63, 3.8) is 0 Å². The van der Waals surface area contributed by atoms with Gasteiger partial charge in [-0.15, -0.1) is 0 Å². The van der Waals surface area contributed by atoms with Crippen molar-refractivity contribution in [2.45, 2.75) is 19.8 Å². The highest BCUT2D eigenvalue weighted by Gasteiger charge is 2.11. The molecule has 0 radical (unpaired) electrons. The van der Waals surface area contributed by atoms with E-state index >= 15 is 0 Å². The summed E-state index contributed by atoms with van der Waals surface area (Å²) in [6.07, 6.45) is 0. The molecule has 0 heterocycles. The maximum atomic E-state index is 13.2. The van der Waals surface area contributed by atoms with E-state index in [1.807, 2.05) is 13.8 Å². The number of halogens is 3. The highest BCUT2D eigenvalue weighted by atomic mass is 35.5. The van der Waals surface area contributed by atoms with Crippen molar-refractivity contribution in [1.82, 2.24) is 0 Å². The van der Waals surface area contributed by atoms with E-state index in [0.29, 0.717) is 10.6 Å². The first-order valence-electron chi connectivity index (χ1n) is 3.67. The first-order chi connectivity index (χ1) is 5.52. The summed E-state index contributed by atoms with van der Waals surface area (Å²) >= 11 is 11.3. The SMILES string of the molecule is CC(C)c1cc(Cl)cc(Cl)c1F. The van der Waals surface area contributed by atoms with Crippen LogP contribution in [-0.2, 0) is 0 Å². The van der Waals surface area contributed by atoms with Crippen LogP contribution in [0.3, 0.4) is 0 Å². The standard InChI is InChI=1S/C9H9Cl2F/c1-5(2)7-3-6(10)4-8(11)9(7)12/h3-5H,1-2H3. The van der Waals surface area contributed by atoms with E-state index in [1.54, 1.807) is 6.07 Å². The van der Waals surface area contributed by atoms with Crippen molar-refractivity contribution in [3.05, 3.63) is 33.6 Å². The molecule has 0 aliphatic heterocycles.